The van der Waals surface area contributed by atoms with Crippen LogP contribution in [0.1, 0.15) is 35.9 Å². The molecule has 0 aliphatic heterocycles. The minimum absolute atomic E-state index is 0.0787. The van der Waals surface area contributed by atoms with Crippen LogP contribution in [0.5, 0.6) is 0 Å². The monoisotopic (exact) mass is 425 g/mol. The number of hydrogen-bond donors (Lipinski definition) is 1. The molecule has 156 valence electrons. The molecule has 0 radical (unpaired) electrons. The lowest BCUT2D eigenvalue weighted by Crippen LogP contribution is -2.26. The van der Waals surface area contributed by atoms with Crippen molar-refractivity contribution in [3.05, 3.63) is 52.8 Å². The molecule has 2 heterocycles. The first-order chi connectivity index (χ1) is 13.9. The van der Waals surface area contributed by atoms with Crippen molar-refractivity contribution in [1.82, 2.24) is 24.8 Å². The van der Waals surface area contributed by atoms with Gasteiger partial charge in [-0.1, -0.05) is 25.4 Å². The molecule has 0 aliphatic carbocycles. The van der Waals surface area contributed by atoms with E-state index in [0.717, 1.165) is 0 Å². The van der Waals surface area contributed by atoms with Gasteiger partial charge >= 0.3 is 6.61 Å². The third-order valence-corrected chi connectivity index (χ3v) is 4.00. The molecule has 10 heteroatoms. The second-order valence-corrected chi connectivity index (χ2v) is 6.11. The molecule has 29 heavy (non-hydrogen) atoms. The van der Waals surface area contributed by atoms with Gasteiger partial charge in [0, 0.05) is 17.8 Å². The molecule has 7 nitrogen and oxygen atoms in total. The van der Waals surface area contributed by atoms with Crippen LogP contribution in [-0.4, -0.2) is 38.6 Å². The molecule has 0 bridgehead atoms. The Kier molecular flexibility index (Phi) is 8.41. The quantitative estimate of drug-likeness (QED) is 0.619. The summed E-state index contributed by atoms with van der Waals surface area (Å²) >= 11 is 5.99. The maximum atomic E-state index is 12.3. The minimum Gasteiger partial charge on any atom is -0.343 e. The highest BCUT2D eigenvalue weighted by Gasteiger charge is 2.14. The van der Waals surface area contributed by atoms with Gasteiger partial charge in [0.1, 0.15) is 11.5 Å². The lowest BCUT2D eigenvalue weighted by Gasteiger charge is -2.10. The highest BCUT2D eigenvalue weighted by molar-refractivity contribution is 6.31. The van der Waals surface area contributed by atoms with Crippen LogP contribution in [0.15, 0.2) is 30.6 Å². The number of nitrogens with zero attached hydrogens (tertiary/aromatic N) is 4. The Hall–Kier alpha value is -2.65. The molecule has 0 aliphatic rings. The number of amides is 1. The summed E-state index contributed by atoms with van der Waals surface area (Å²) in [5.41, 5.74) is 2.17. The maximum absolute atomic E-state index is 12.3. The Morgan fingerprint density at radius 2 is 2.03 bits per heavy atom. The molecule has 0 fully saturated rings. The number of ether oxygens (including phenoxy) is 1. The summed E-state index contributed by atoms with van der Waals surface area (Å²) < 4.78 is 30.6. The summed E-state index contributed by atoms with van der Waals surface area (Å²) in [5, 5.41) is 3.20. The molecule has 0 saturated heterocycles. The van der Waals surface area contributed by atoms with E-state index in [1.165, 1.54) is 12.4 Å². The largest absolute Gasteiger partial charge is 0.345 e. The van der Waals surface area contributed by atoms with Gasteiger partial charge in [-0.2, -0.15) is 8.78 Å². The summed E-state index contributed by atoms with van der Waals surface area (Å²) in [7, 11) is 0. The summed E-state index contributed by atoms with van der Waals surface area (Å²) in [6, 6.07) is 5.09. The first-order valence-corrected chi connectivity index (χ1v) is 9.43. The fourth-order valence-electron chi connectivity index (χ4n) is 2.53. The second kappa shape index (κ2) is 10.8. The van der Waals surface area contributed by atoms with Crippen LogP contribution in [0.2, 0.25) is 5.02 Å². The van der Waals surface area contributed by atoms with Crippen molar-refractivity contribution in [1.29, 1.82) is 0 Å². The SMILES string of the molecule is CC.Cc1cnc(C(=O)NCc2nc3cc(Cl)ccc3n2CCOC(F)F)cn1. The molecule has 0 atom stereocenters. The van der Waals surface area contributed by atoms with Crippen molar-refractivity contribution in [2.24, 2.45) is 0 Å². The van der Waals surface area contributed by atoms with E-state index in [1.807, 2.05) is 13.8 Å². The zero-order chi connectivity index (χ0) is 21.4. The smallest absolute Gasteiger partial charge is 0.343 e. The number of carbonyl (C=O) groups is 1. The summed E-state index contributed by atoms with van der Waals surface area (Å²) in [6.45, 7) is 2.95. The third-order valence-electron chi connectivity index (χ3n) is 3.77. The molecule has 0 unspecified atom stereocenters. The van der Waals surface area contributed by atoms with Crippen molar-refractivity contribution >= 4 is 28.5 Å². The van der Waals surface area contributed by atoms with E-state index >= 15 is 0 Å². The van der Waals surface area contributed by atoms with Crippen LogP contribution in [0.25, 0.3) is 11.0 Å². The number of fused-ring (bicyclic) bond motifs is 1. The van der Waals surface area contributed by atoms with Gasteiger partial charge in [-0.15, -0.1) is 0 Å². The van der Waals surface area contributed by atoms with Crippen LogP contribution in [-0.2, 0) is 17.8 Å². The fourth-order valence-corrected chi connectivity index (χ4v) is 2.70. The lowest BCUT2D eigenvalue weighted by molar-refractivity contribution is -0.130. The van der Waals surface area contributed by atoms with Gasteiger partial charge in [0.2, 0.25) is 0 Å². The van der Waals surface area contributed by atoms with Crippen molar-refractivity contribution in [3.63, 3.8) is 0 Å². The van der Waals surface area contributed by atoms with Gasteiger partial charge in [-0.25, -0.2) is 9.97 Å². The minimum atomic E-state index is -2.85. The Bertz CT molecular complexity index is 948. The van der Waals surface area contributed by atoms with Gasteiger partial charge in [0.25, 0.3) is 5.91 Å². The zero-order valence-electron chi connectivity index (χ0n) is 16.3. The van der Waals surface area contributed by atoms with Gasteiger partial charge in [-0.3, -0.25) is 9.78 Å². The molecule has 1 N–H and O–H groups in total. The third kappa shape index (κ3) is 6.16. The van der Waals surface area contributed by atoms with Crippen molar-refractivity contribution in [3.8, 4) is 0 Å². The molecular formula is C19H22ClF2N5O2. The number of rotatable bonds is 7. The highest BCUT2D eigenvalue weighted by Crippen LogP contribution is 2.21. The first kappa shape index (κ1) is 22.6. The number of halogens is 3. The number of alkyl halides is 2. The Labute approximate surface area is 172 Å². The van der Waals surface area contributed by atoms with Crippen LogP contribution < -0.4 is 5.32 Å². The summed E-state index contributed by atoms with van der Waals surface area (Å²) in [4.78, 5) is 24.7. The summed E-state index contributed by atoms with van der Waals surface area (Å²) in [5.74, 6) is 0.0709. The average Bonchev–Trinajstić information content (AvgIpc) is 3.04. The van der Waals surface area contributed by atoms with E-state index in [9.17, 15) is 13.6 Å². The van der Waals surface area contributed by atoms with Gasteiger partial charge in [0.05, 0.1) is 36.1 Å². The number of benzene rings is 1. The normalized spacial score (nSPS) is 10.7. The number of carbonyl (C=O) groups excluding carboxylic acids is 1. The number of aryl methyl sites for hydroxylation is 1. The highest BCUT2D eigenvalue weighted by atomic mass is 35.5. The summed E-state index contributed by atoms with van der Waals surface area (Å²) in [6.07, 6.45) is 2.87. The molecule has 1 aromatic carbocycles. The van der Waals surface area contributed by atoms with Crippen molar-refractivity contribution in [2.75, 3.05) is 6.61 Å². The Morgan fingerprint density at radius 3 is 2.69 bits per heavy atom. The zero-order valence-corrected chi connectivity index (χ0v) is 17.1. The van der Waals surface area contributed by atoms with Crippen LogP contribution in [0.3, 0.4) is 0 Å². The molecular weight excluding hydrogens is 404 g/mol. The number of aromatic nitrogens is 4. The first-order valence-electron chi connectivity index (χ1n) is 9.05. The van der Waals surface area contributed by atoms with E-state index in [-0.39, 0.29) is 25.4 Å². The van der Waals surface area contributed by atoms with E-state index in [4.69, 9.17) is 11.6 Å². The Morgan fingerprint density at radius 1 is 1.28 bits per heavy atom. The average molecular weight is 426 g/mol. The van der Waals surface area contributed by atoms with Crippen molar-refractivity contribution in [2.45, 2.75) is 40.5 Å². The van der Waals surface area contributed by atoms with E-state index in [1.54, 1.807) is 29.7 Å². The van der Waals surface area contributed by atoms with Crippen LogP contribution in [0.4, 0.5) is 8.78 Å². The van der Waals surface area contributed by atoms with Crippen molar-refractivity contribution < 1.29 is 18.3 Å². The van der Waals surface area contributed by atoms with Gasteiger partial charge in [-0.05, 0) is 25.1 Å². The molecule has 0 saturated carbocycles. The maximum Gasteiger partial charge on any atom is 0.345 e. The molecule has 3 rings (SSSR count). The fraction of sp³-hybridized carbons (Fsp3) is 0.368. The number of imidazole rings is 1. The van der Waals surface area contributed by atoms with Gasteiger partial charge in [0.15, 0.2) is 0 Å². The lowest BCUT2D eigenvalue weighted by atomic mass is 10.3. The second-order valence-electron chi connectivity index (χ2n) is 5.67. The van der Waals surface area contributed by atoms with Crippen LogP contribution in [0, 0.1) is 6.92 Å². The standard InChI is InChI=1S/C17H16ClF2N5O2.C2H6/c1-10-7-22-13(8-21-10)16(26)23-9-15-24-12-6-11(18)2-3-14(12)25(15)4-5-27-17(19)20;1-2/h2-3,6-8,17H,4-5,9H2,1H3,(H,23,26);1-2H3. The van der Waals surface area contributed by atoms with E-state index in [0.29, 0.717) is 27.6 Å². The predicted molar refractivity (Wildman–Crippen MR) is 106 cm³/mol. The topological polar surface area (TPSA) is 81.9 Å². The number of nitrogens with one attached hydrogen (secondary N) is 1. The molecule has 0 spiro atoms. The molecule has 1 amide bonds. The molecule has 3 aromatic rings. The molecule has 2 aromatic heterocycles. The van der Waals surface area contributed by atoms with Crippen LogP contribution >= 0.6 is 11.6 Å². The number of hydrogen-bond acceptors (Lipinski definition) is 5. The van der Waals surface area contributed by atoms with E-state index in [2.05, 4.69) is 25.0 Å². The Balaban J connectivity index is 0.00000145. The van der Waals surface area contributed by atoms with Gasteiger partial charge < -0.3 is 14.6 Å². The van der Waals surface area contributed by atoms with E-state index < -0.39 is 12.5 Å². The predicted octanol–water partition coefficient (Wildman–Crippen LogP) is 3.98.